The molecular weight excluding hydrogens is 833 g/mol. The first-order valence-corrected chi connectivity index (χ1v) is 22.2. The van der Waals surface area contributed by atoms with Gasteiger partial charge in [0.1, 0.15) is 23.7 Å². The van der Waals surface area contributed by atoms with Crippen LogP contribution in [0.2, 0.25) is 0 Å². The molecule has 0 bridgehead atoms. The molecule has 2 aliphatic heterocycles. The van der Waals surface area contributed by atoms with E-state index in [1.807, 2.05) is 60.7 Å². The molecular formula is C52H48N8O6. The van der Waals surface area contributed by atoms with Gasteiger partial charge in [-0.05, 0) is 88.7 Å². The zero-order valence-electron chi connectivity index (χ0n) is 36.5. The highest BCUT2D eigenvalue weighted by atomic mass is 16.5. The Kier molecular flexibility index (Phi) is 11.1. The van der Waals surface area contributed by atoms with Gasteiger partial charge >= 0.3 is 12.2 Å². The maximum absolute atomic E-state index is 14.1. The summed E-state index contributed by atoms with van der Waals surface area (Å²) in [5.74, 6) is 0.919. The SMILES string of the molecule is COC(=O)N[C@@H](C(=O)N1CCC[C@H]1c1nc2ccc(-c3ccc(-c4ccc5c(ccc6[nH]c([C@@H]7CCCN7C(=O)[C@@H](c7ccccc7)N(C)C(=O)O)nc65)c4)cc3)cc2[nH]1)c1ccccc1. The number of imidazole rings is 2. The first-order valence-electron chi connectivity index (χ1n) is 22.2. The van der Waals surface area contributed by atoms with Gasteiger partial charge in [-0.15, -0.1) is 0 Å². The van der Waals surface area contributed by atoms with E-state index in [-0.39, 0.29) is 23.9 Å². The van der Waals surface area contributed by atoms with E-state index in [9.17, 15) is 24.3 Å². The van der Waals surface area contributed by atoms with Gasteiger partial charge in [0.25, 0.3) is 11.8 Å². The minimum Gasteiger partial charge on any atom is -0.465 e. The minimum atomic E-state index is -1.17. The number of likely N-dealkylation sites (N-methyl/N-ethyl adjacent to an activating group) is 1. The van der Waals surface area contributed by atoms with Crippen LogP contribution in [0.3, 0.4) is 0 Å². The molecule has 2 aromatic heterocycles. The molecule has 4 heterocycles. The molecule has 14 heteroatoms. The number of hydrogen-bond donors (Lipinski definition) is 4. The lowest BCUT2D eigenvalue weighted by Gasteiger charge is -2.32. The highest BCUT2D eigenvalue weighted by Crippen LogP contribution is 2.38. The second-order valence-corrected chi connectivity index (χ2v) is 17.0. The number of hydrogen-bond acceptors (Lipinski definition) is 7. The van der Waals surface area contributed by atoms with E-state index in [2.05, 4.69) is 75.9 Å². The summed E-state index contributed by atoms with van der Waals surface area (Å²) in [7, 11) is 2.72. The third-order valence-corrected chi connectivity index (χ3v) is 13.1. The molecule has 0 saturated carbocycles. The molecule has 0 aliphatic carbocycles. The lowest BCUT2D eigenvalue weighted by molar-refractivity contribution is -0.137. The number of likely N-dealkylation sites (tertiary alicyclic amines) is 2. The number of alkyl carbamates (subject to hydrolysis) is 1. The van der Waals surface area contributed by atoms with Crippen molar-refractivity contribution >= 4 is 56.8 Å². The van der Waals surface area contributed by atoms with Crippen molar-refractivity contribution in [2.75, 3.05) is 27.2 Å². The van der Waals surface area contributed by atoms with E-state index < -0.39 is 24.3 Å². The molecule has 14 nitrogen and oxygen atoms in total. The predicted molar refractivity (Wildman–Crippen MR) is 251 cm³/mol. The fraction of sp³-hybridized carbons (Fsp3) is 0.231. The molecule has 0 spiro atoms. The average molecular weight is 881 g/mol. The number of aromatic amines is 2. The summed E-state index contributed by atoms with van der Waals surface area (Å²) in [5, 5.41) is 14.6. The third-order valence-electron chi connectivity index (χ3n) is 13.1. The van der Waals surface area contributed by atoms with Gasteiger partial charge in [0, 0.05) is 25.5 Å². The average Bonchev–Trinajstić information content (AvgIpc) is 4.19. The molecule has 6 aromatic carbocycles. The van der Waals surface area contributed by atoms with Crippen LogP contribution in [0.4, 0.5) is 9.59 Å². The number of aromatic nitrogens is 4. The molecule has 8 aromatic rings. The Morgan fingerprint density at radius 3 is 1.91 bits per heavy atom. The fourth-order valence-electron chi connectivity index (χ4n) is 9.72. The van der Waals surface area contributed by atoms with Gasteiger partial charge in [0.2, 0.25) is 0 Å². The van der Waals surface area contributed by atoms with Crippen molar-refractivity contribution in [3.8, 4) is 22.3 Å². The van der Waals surface area contributed by atoms with E-state index >= 15 is 0 Å². The van der Waals surface area contributed by atoms with Gasteiger partial charge in [-0.3, -0.25) is 14.5 Å². The normalized spacial score (nSPS) is 17.0. The molecule has 66 heavy (non-hydrogen) atoms. The van der Waals surface area contributed by atoms with Gasteiger partial charge < -0.3 is 34.9 Å². The van der Waals surface area contributed by atoms with Crippen molar-refractivity contribution in [3.05, 3.63) is 156 Å². The smallest absolute Gasteiger partial charge is 0.407 e. The molecule has 0 radical (unpaired) electrons. The number of nitrogens with zero attached hydrogens (tertiary/aromatic N) is 5. The van der Waals surface area contributed by atoms with Crippen LogP contribution in [-0.2, 0) is 14.3 Å². The molecule has 332 valence electrons. The highest BCUT2D eigenvalue weighted by molar-refractivity contribution is 6.05. The fourth-order valence-corrected chi connectivity index (χ4v) is 9.72. The number of ether oxygens (including phenoxy) is 1. The van der Waals surface area contributed by atoms with Gasteiger partial charge in [0.15, 0.2) is 0 Å². The van der Waals surface area contributed by atoms with Gasteiger partial charge in [-0.25, -0.2) is 19.6 Å². The van der Waals surface area contributed by atoms with Crippen molar-refractivity contribution < 1.29 is 29.0 Å². The number of carbonyl (C=O) groups excluding carboxylic acids is 3. The van der Waals surface area contributed by atoms with E-state index in [4.69, 9.17) is 14.7 Å². The second kappa shape index (κ2) is 17.5. The number of carboxylic acid groups (broad SMARTS) is 1. The van der Waals surface area contributed by atoms with E-state index in [1.165, 1.54) is 14.2 Å². The lowest BCUT2D eigenvalue weighted by atomic mass is 9.98. The number of methoxy groups -OCH3 is 1. The number of carbonyl (C=O) groups is 4. The van der Waals surface area contributed by atoms with Crippen LogP contribution < -0.4 is 5.32 Å². The summed E-state index contributed by atoms with van der Waals surface area (Å²) in [4.78, 5) is 74.2. The van der Waals surface area contributed by atoms with Crippen LogP contribution in [0.25, 0.3) is 55.1 Å². The van der Waals surface area contributed by atoms with Crippen LogP contribution in [0.15, 0.2) is 133 Å². The Morgan fingerprint density at radius 1 is 0.682 bits per heavy atom. The van der Waals surface area contributed by atoms with Crippen LogP contribution in [0.5, 0.6) is 0 Å². The molecule has 2 aliphatic rings. The van der Waals surface area contributed by atoms with Crippen molar-refractivity contribution in [1.82, 2.24) is 40.0 Å². The Morgan fingerprint density at radius 2 is 1.26 bits per heavy atom. The lowest BCUT2D eigenvalue weighted by Crippen LogP contribution is -2.43. The zero-order valence-corrected chi connectivity index (χ0v) is 36.5. The van der Waals surface area contributed by atoms with Crippen LogP contribution in [-0.4, -0.2) is 91.0 Å². The molecule has 4 amide bonds. The molecule has 2 fully saturated rings. The predicted octanol–water partition coefficient (Wildman–Crippen LogP) is 9.70. The molecule has 4 atom stereocenters. The highest BCUT2D eigenvalue weighted by Gasteiger charge is 2.40. The maximum Gasteiger partial charge on any atom is 0.407 e. The minimum absolute atomic E-state index is 0.214. The van der Waals surface area contributed by atoms with E-state index in [0.29, 0.717) is 35.9 Å². The summed E-state index contributed by atoms with van der Waals surface area (Å²) >= 11 is 0. The molecule has 10 rings (SSSR count). The first-order chi connectivity index (χ1) is 32.1. The van der Waals surface area contributed by atoms with Crippen molar-refractivity contribution in [1.29, 1.82) is 0 Å². The molecule has 2 saturated heterocycles. The molecule has 0 unspecified atom stereocenters. The van der Waals surface area contributed by atoms with Crippen LogP contribution in [0.1, 0.15) is 72.6 Å². The summed E-state index contributed by atoms with van der Waals surface area (Å²) < 4.78 is 4.85. The van der Waals surface area contributed by atoms with Crippen LogP contribution >= 0.6 is 0 Å². The molecule has 4 N–H and O–H groups in total. The Hall–Kier alpha value is -8.00. The maximum atomic E-state index is 14.1. The number of fused-ring (bicyclic) bond motifs is 4. The van der Waals surface area contributed by atoms with Crippen molar-refractivity contribution in [2.24, 2.45) is 0 Å². The number of benzene rings is 6. The summed E-state index contributed by atoms with van der Waals surface area (Å²) in [6.45, 7) is 1.06. The summed E-state index contributed by atoms with van der Waals surface area (Å²) in [6.07, 6.45) is 1.22. The summed E-state index contributed by atoms with van der Waals surface area (Å²) in [6, 6.07) is 40.9. The number of H-pyrrole nitrogens is 2. The standard InChI is InChI=1S/C52H48N8O6/c1-58(52(64)65)46(34-13-7-4-8-14-34)50(62)60-28-10-16-43(60)48-54-40-26-23-37-29-35(21-24-38(37)45(40)56-48)31-17-19-32(20-18-31)36-22-25-39-41(30-36)55-47(53-39)42-15-9-27-59(42)49(61)44(57-51(63)66-2)33-11-5-3-6-12-33/h3-8,11-14,17-26,29-30,42-44,46H,9-10,15-16,27-28H2,1-2H3,(H,53,55)(H,54,56)(H,57,63)(H,64,65)/t42-,43-,44+,46+/m0/s1. The Balaban J connectivity index is 0.863. The quantitative estimate of drug-likeness (QED) is 0.105. The topological polar surface area (TPSA) is 177 Å². The number of nitrogens with one attached hydrogen (secondary N) is 3. The zero-order chi connectivity index (χ0) is 45.5. The van der Waals surface area contributed by atoms with Crippen molar-refractivity contribution in [3.63, 3.8) is 0 Å². The monoisotopic (exact) mass is 880 g/mol. The number of rotatable bonds is 10. The van der Waals surface area contributed by atoms with Crippen molar-refractivity contribution in [2.45, 2.75) is 49.9 Å². The number of amides is 4. The first kappa shape index (κ1) is 42.0. The second-order valence-electron chi connectivity index (χ2n) is 17.0. The van der Waals surface area contributed by atoms with E-state index in [1.54, 1.807) is 21.9 Å². The van der Waals surface area contributed by atoms with Gasteiger partial charge in [-0.1, -0.05) is 109 Å². The third kappa shape index (κ3) is 7.84. The summed E-state index contributed by atoms with van der Waals surface area (Å²) in [5.41, 5.74) is 8.87. The van der Waals surface area contributed by atoms with Gasteiger partial charge in [-0.2, -0.15) is 0 Å². The Labute approximate surface area is 380 Å². The van der Waals surface area contributed by atoms with Crippen LogP contribution in [0, 0.1) is 0 Å². The largest absolute Gasteiger partial charge is 0.465 e. The van der Waals surface area contributed by atoms with E-state index in [0.717, 1.165) is 85.7 Å². The van der Waals surface area contributed by atoms with Gasteiger partial charge in [0.05, 0.1) is 41.3 Å². The Bertz CT molecular complexity index is 3120.